The molecule has 9 heteroatoms. The van der Waals surface area contributed by atoms with Crippen molar-refractivity contribution in [3.8, 4) is 0 Å². The second-order valence-electron chi connectivity index (χ2n) is 7.72. The lowest BCUT2D eigenvalue weighted by atomic mass is 10.00. The summed E-state index contributed by atoms with van der Waals surface area (Å²) < 4.78 is 25.5. The minimum atomic E-state index is -3.80. The third kappa shape index (κ3) is 4.78. The molecule has 1 aliphatic heterocycles. The quantitative estimate of drug-likeness (QED) is 0.549. The number of imidazole rings is 1. The van der Waals surface area contributed by atoms with Crippen molar-refractivity contribution in [1.29, 1.82) is 0 Å². The molecule has 4 rings (SSSR count). The third-order valence-corrected chi connectivity index (χ3v) is 7.43. The van der Waals surface area contributed by atoms with Gasteiger partial charge in [-0.15, -0.1) is 0 Å². The fourth-order valence-corrected chi connectivity index (χ4v) is 5.31. The summed E-state index contributed by atoms with van der Waals surface area (Å²) in [5.74, 6) is 0.374. The van der Waals surface area contributed by atoms with Gasteiger partial charge >= 0.3 is 0 Å². The van der Waals surface area contributed by atoms with E-state index in [2.05, 4.69) is 28.6 Å². The number of thioether (sulfide) groups is 1. The van der Waals surface area contributed by atoms with Crippen LogP contribution >= 0.6 is 11.8 Å². The minimum absolute atomic E-state index is 0.0414. The number of rotatable bonds is 7. The number of primary sulfonamides is 1. The van der Waals surface area contributed by atoms with Gasteiger partial charge < -0.3 is 9.47 Å². The molecule has 0 saturated heterocycles. The Hall–Kier alpha value is -2.36. The Morgan fingerprint density at radius 1 is 1.19 bits per heavy atom. The summed E-state index contributed by atoms with van der Waals surface area (Å²) in [5.41, 5.74) is 3.94. The molecule has 3 aromatic rings. The van der Waals surface area contributed by atoms with Crippen LogP contribution < -0.4 is 5.14 Å². The van der Waals surface area contributed by atoms with Gasteiger partial charge in [0.1, 0.15) is 0 Å². The van der Waals surface area contributed by atoms with E-state index in [1.165, 1.54) is 35.0 Å². The summed E-state index contributed by atoms with van der Waals surface area (Å²) in [5, 5.41) is 5.99. The van der Waals surface area contributed by atoms with Crippen LogP contribution in [0.1, 0.15) is 30.9 Å². The highest BCUT2D eigenvalue weighted by atomic mass is 32.2. The summed E-state index contributed by atoms with van der Waals surface area (Å²) in [4.78, 5) is 19.4. The Morgan fingerprint density at radius 3 is 2.71 bits per heavy atom. The van der Waals surface area contributed by atoms with Gasteiger partial charge in [0, 0.05) is 19.6 Å². The van der Waals surface area contributed by atoms with Crippen molar-refractivity contribution in [1.82, 2.24) is 14.5 Å². The van der Waals surface area contributed by atoms with Crippen LogP contribution in [0.3, 0.4) is 0 Å². The molecule has 2 heterocycles. The van der Waals surface area contributed by atoms with Gasteiger partial charge in [0.25, 0.3) is 0 Å². The first-order valence-electron chi connectivity index (χ1n) is 10.4. The molecule has 0 fully saturated rings. The van der Waals surface area contributed by atoms with Crippen molar-refractivity contribution >= 4 is 38.7 Å². The number of carbonyl (C=O) groups is 1. The summed E-state index contributed by atoms with van der Waals surface area (Å²) in [6, 6.07) is 13.0. The van der Waals surface area contributed by atoms with E-state index in [9.17, 15) is 13.2 Å². The lowest BCUT2D eigenvalue weighted by Crippen LogP contribution is -2.37. The zero-order valence-electron chi connectivity index (χ0n) is 17.5. The number of aryl methyl sites for hydroxylation is 1. The Morgan fingerprint density at radius 2 is 1.97 bits per heavy atom. The maximum Gasteiger partial charge on any atom is 0.238 e. The minimum Gasteiger partial charge on any atom is -0.337 e. The molecule has 1 amide bonds. The summed E-state index contributed by atoms with van der Waals surface area (Å²) in [6.45, 7) is 4.23. The molecule has 2 aromatic carbocycles. The fourth-order valence-electron chi connectivity index (χ4n) is 3.83. The molecule has 31 heavy (non-hydrogen) atoms. The van der Waals surface area contributed by atoms with Crippen LogP contribution in [0.15, 0.2) is 52.5 Å². The number of hydrogen-bond acceptors (Lipinski definition) is 5. The number of aromatic nitrogens is 2. The fraction of sp³-hybridized carbons (Fsp3) is 0.364. The monoisotopic (exact) mass is 458 g/mol. The summed E-state index contributed by atoms with van der Waals surface area (Å²) >= 11 is 1.40. The van der Waals surface area contributed by atoms with Crippen LogP contribution in [0.5, 0.6) is 0 Å². The highest BCUT2D eigenvalue weighted by Crippen LogP contribution is 2.27. The van der Waals surface area contributed by atoms with Crippen molar-refractivity contribution in [2.24, 2.45) is 5.14 Å². The van der Waals surface area contributed by atoms with Crippen LogP contribution in [-0.4, -0.2) is 41.1 Å². The largest absolute Gasteiger partial charge is 0.337 e. The molecule has 0 unspecified atom stereocenters. The van der Waals surface area contributed by atoms with Gasteiger partial charge in [-0.05, 0) is 42.2 Å². The number of hydrogen-bond donors (Lipinski definition) is 1. The SMILES string of the molecule is CCCCn1c(SCC(=O)N2CCc3ccccc3C2)nc2cc(S(N)(=O)=O)ccc21. The molecular weight excluding hydrogens is 432 g/mol. The molecule has 0 atom stereocenters. The number of amides is 1. The normalized spacial score (nSPS) is 14.1. The van der Waals surface area contributed by atoms with Gasteiger partial charge in [0.05, 0.1) is 21.7 Å². The smallest absolute Gasteiger partial charge is 0.238 e. The van der Waals surface area contributed by atoms with E-state index < -0.39 is 10.0 Å². The van der Waals surface area contributed by atoms with Crippen molar-refractivity contribution in [2.75, 3.05) is 12.3 Å². The maximum absolute atomic E-state index is 12.9. The third-order valence-electron chi connectivity index (χ3n) is 5.56. The molecule has 1 aromatic heterocycles. The van der Waals surface area contributed by atoms with Crippen LogP contribution in [0.25, 0.3) is 11.0 Å². The predicted molar refractivity (Wildman–Crippen MR) is 122 cm³/mol. The van der Waals surface area contributed by atoms with Gasteiger partial charge in [0.15, 0.2) is 5.16 Å². The molecular formula is C22H26N4O3S2. The second-order valence-corrected chi connectivity index (χ2v) is 10.2. The van der Waals surface area contributed by atoms with Crippen LogP contribution in [-0.2, 0) is 34.3 Å². The molecule has 0 spiro atoms. The van der Waals surface area contributed by atoms with Crippen molar-refractivity contribution in [3.05, 3.63) is 53.6 Å². The summed E-state index contributed by atoms with van der Waals surface area (Å²) in [7, 11) is -3.80. The number of sulfonamides is 1. The lowest BCUT2D eigenvalue weighted by molar-refractivity contribution is -0.129. The molecule has 1 aliphatic rings. The van der Waals surface area contributed by atoms with Gasteiger partial charge in [-0.1, -0.05) is 49.4 Å². The molecule has 0 saturated carbocycles. The first kappa shape index (κ1) is 21.9. The van der Waals surface area contributed by atoms with Crippen LogP contribution in [0.2, 0.25) is 0 Å². The van der Waals surface area contributed by atoms with Gasteiger partial charge in [0.2, 0.25) is 15.9 Å². The van der Waals surface area contributed by atoms with Crippen molar-refractivity contribution in [3.63, 3.8) is 0 Å². The van der Waals surface area contributed by atoms with Crippen LogP contribution in [0, 0.1) is 0 Å². The second kappa shape index (κ2) is 9.02. The Kier molecular flexibility index (Phi) is 6.36. The molecule has 2 N–H and O–H groups in total. The Bertz CT molecular complexity index is 1220. The molecule has 0 aliphatic carbocycles. The number of unbranched alkanes of at least 4 members (excludes halogenated alkanes) is 1. The highest BCUT2D eigenvalue weighted by molar-refractivity contribution is 7.99. The van der Waals surface area contributed by atoms with Gasteiger partial charge in [-0.25, -0.2) is 18.5 Å². The number of fused-ring (bicyclic) bond motifs is 2. The number of benzene rings is 2. The zero-order valence-corrected chi connectivity index (χ0v) is 19.1. The maximum atomic E-state index is 12.9. The molecule has 7 nitrogen and oxygen atoms in total. The van der Waals surface area contributed by atoms with E-state index in [4.69, 9.17) is 5.14 Å². The number of carbonyl (C=O) groups excluding carboxylic acids is 1. The van der Waals surface area contributed by atoms with Crippen molar-refractivity contribution < 1.29 is 13.2 Å². The van der Waals surface area contributed by atoms with E-state index in [0.29, 0.717) is 17.8 Å². The zero-order chi connectivity index (χ0) is 22.0. The first-order valence-corrected chi connectivity index (χ1v) is 12.9. The van der Waals surface area contributed by atoms with E-state index in [1.54, 1.807) is 6.07 Å². The Labute approximate surface area is 186 Å². The van der Waals surface area contributed by atoms with E-state index >= 15 is 0 Å². The first-order chi connectivity index (χ1) is 14.9. The van der Waals surface area contributed by atoms with Gasteiger partial charge in [-0.2, -0.15) is 0 Å². The van der Waals surface area contributed by atoms with E-state index in [0.717, 1.165) is 43.0 Å². The number of nitrogens with two attached hydrogens (primary N) is 1. The van der Waals surface area contributed by atoms with E-state index in [1.807, 2.05) is 17.0 Å². The molecule has 164 valence electrons. The standard InChI is InChI=1S/C22H26N4O3S2/c1-2-3-11-26-20-9-8-18(31(23,28)29)13-19(20)24-22(26)30-15-21(27)25-12-10-16-6-4-5-7-17(16)14-25/h4-9,13H,2-3,10-12,14-15H2,1H3,(H2,23,28,29). The van der Waals surface area contributed by atoms with Gasteiger partial charge in [-0.3, -0.25) is 4.79 Å². The lowest BCUT2D eigenvalue weighted by Gasteiger charge is -2.28. The molecule has 0 radical (unpaired) electrons. The average molecular weight is 459 g/mol. The van der Waals surface area contributed by atoms with Crippen molar-refractivity contribution in [2.45, 2.75) is 49.3 Å². The van der Waals surface area contributed by atoms with Crippen LogP contribution in [0.4, 0.5) is 0 Å². The molecule has 0 bridgehead atoms. The predicted octanol–water partition coefficient (Wildman–Crippen LogP) is 3.16. The number of nitrogens with zero attached hydrogens (tertiary/aromatic N) is 3. The van der Waals surface area contributed by atoms with E-state index in [-0.39, 0.29) is 10.8 Å². The summed E-state index contributed by atoms with van der Waals surface area (Å²) in [6.07, 6.45) is 2.86. The Balaban J connectivity index is 1.53. The topological polar surface area (TPSA) is 98.3 Å². The highest BCUT2D eigenvalue weighted by Gasteiger charge is 2.22. The average Bonchev–Trinajstić information content (AvgIpc) is 3.11.